The Bertz CT molecular complexity index is 1060. The lowest BCUT2D eigenvalue weighted by molar-refractivity contribution is 0.104. The van der Waals surface area contributed by atoms with Crippen LogP contribution in [0.25, 0.3) is 0 Å². The topological polar surface area (TPSA) is 91.2 Å². The van der Waals surface area contributed by atoms with E-state index in [4.69, 9.17) is 16.2 Å². The molecule has 0 bridgehead atoms. The third kappa shape index (κ3) is 5.47. The van der Waals surface area contributed by atoms with Crippen LogP contribution in [0.1, 0.15) is 39.7 Å². The number of ether oxygens (including phenoxy) is 1. The molecule has 4 N–H and O–H groups in total. The molecule has 2 aromatic carbocycles. The zero-order chi connectivity index (χ0) is 21.5. The van der Waals surface area contributed by atoms with E-state index in [2.05, 4.69) is 18.0 Å². The molecule has 0 unspecified atom stereocenters. The number of nitrogen functional groups attached to an aromatic ring is 1. The summed E-state index contributed by atoms with van der Waals surface area (Å²) < 4.78 is 5.96. The molecule has 0 saturated heterocycles. The van der Waals surface area contributed by atoms with Crippen molar-refractivity contribution in [2.45, 2.75) is 33.3 Å². The number of rotatable bonds is 8. The van der Waals surface area contributed by atoms with E-state index in [9.17, 15) is 4.79 Å². The molecule has 0 fully saturated rings. The lowest BCUT2D eigenvalue weighted by atomic mass is 10.0. The predicted molar refractivity (Wildman–Crippen MR) is 120 cm³/mol. The summed E-state index contributed by atoms with van der Waals surface area (Å²) in [5, 5.41) is 0. The Morgan fingerprint density at radius 2 is 1.73 bits per heavy atom. The van der Waals surface area contributed by atoms with Crippen LogP contribution in [-0.2, 0) is 19.4 Å². The highest BCUT2D eigenvalue weighted by atomic mass is 16.5. The van der Waals surface area contributed by atoms with Gasteiger partial charge in [0.25, 0.3) is 0 Å². The Balaban J connectivity index is 1.60. The number of pyridine rings is 1. The third-order valence-electron chi connectivity index (χ3n) is 4.87. The number of carbonyl (C=O) groups excluding carboxylic acids is 1. The van der Waals surface area contributed by atoms with Gasteiger partial charge in [-0.05, 0) is 48.2 Å². The molecule has 1 aromatic heterocycles. The van der Waals surface area contributed by atoms with Gasteiger partial charge >= 0.3 is 0 Å². The third-order valence-corrected chi connectivity index (χ3v) is 4.87. The van der Waals surface area contributed by atoms with E-state index in [0.717, 1.165) is 23.3 Å². The van der Waals surface area contributed by atoms with Crippen LogP contribution < -0.4 is 16.2 Å². The van der Waals surface area contributed by atoms with Gasteiger partial charge < -0.3 is 16.2 Å². The second-order valence-corrected chi connectivity index (χ2v) is 7.20. The van der Waals surface area contributed by atoms with Crippen LogP contribution in [0.2, 0.25) is 0 Å². The van der Waals surface area contributed by atoms with Crippen molar-refractivity contribution in [1.82, 2.24) is 4.98 Å². The van der Waals surface area contributed by atoms with E-state index in [-0.39, 0.29) is 5.78 Å². The second kappa shape index (κ2) is 9.74. The molecule has 154 valence electrons. The van der Waals surface area contributed by atoms with Gasteiger partial charge in [-0.3, -0.25) is 4.79 Å². The number of ketones is 1. The molecule has 0 atom stereocenters. The fraction of sp³-hybridized carbons (Fsp3) is 0.200. The van der Waals surface area contributed by atoms with Crippen LogP contribution in [0.3, 0.4) is 0 Å². The first-order chi connectivity index (χ1) is 14.5. The first kappa shape index (κ1) is 21.1. The van der Waals surface area contributed by atoms with Crippen LogP contribution >= 0.6 is 0 Å². The molecule has 5 heteroatoms. The number of carbonyl (C=O) groups is 1. The van der Waals surface area contributed by atoms with Crippen LogP contribution in [-0.4, -0.2) is 10.8 Å². The molecule has 30 heavy (non-hydrogen) atoms. The molecule has 5 nitrogen and oxygen atoms in total. The maximum atomic E-state index is 12.4. The maximum absolute atomic E-state index is 12.4. The molecule has 0 saturated carbocycles. The summed E-state index contributed by atoms with van der Waals surface area (Å²) in [5.41, 5.74) is 16.6. The number of allylic oxidation sites excluding steroid dienone is 2. The highest BCUT2D eigenvalue weighted by molar-refractivity contribution is 6.05. The minimum Gasteiger partial charge on any atom is -0.489 e. The van der Waals surface area contributed by atoms with Crippen molar-refractivity contribution < 1.29 is 9.53 Å². The Hall–Kier alpha value is -3.60. The average Bonchev–Trinajstić information content (AvgIpc) is 2.73. The SMILES string of the molecule is CCc1ccccc1OCc1ccc(CC(N)=CC(=O)c2ccc(N)nc2C)cc1. The van der Waals surface area contributed by atoms with Gasteiger partial charge in [-0.15, -0.1) is 0 Å². The number of nitrogens with two attached hydrogens (primary N) is 2. The molecule has 1 heterocycles. The first-order valence-electron chi connectivity index (χ1n) is 9.98. The van der Waals surface area contributed by atoms with Gasteiger partial charge in [-0.1, -0.05) is 49.4 Å². The Morgan fingerprint density at radius 3 is 2.43 bits per heavy atom. The number of para-hydroxylation sites is 1. The van der Waals surface area contributed by atoms with Crippen LogP contribution in [0.4, 0.5) is 5.82 Å². The Morgan fingerprint density at radius 1 is 1.03 bits per heavy atom. The van der Waals surface area contributed by atoms with E-state index in [1.165, 1.54) is 11.6 Å². The molecule has 0 aliphatic carbocycles. The average molecular weight is 402 g/mol. The lowest BCUT2D eigenvalue weighted by Gasteiger charge is -2.11. The second-order valence-electron chi connectivity index (χ2n) is 7.20. The summed E-state index contributed by atoms with van der Waals surface area (Å²) in [6, 6.07) is 19.4. The van der Waals surface area contributed by atoms with Crippen LogP contribution in [0, 0.1) is 6.92 Å². The number of benzene rings is 2. The van der Waals surface area contributed by atoms with Crippen molar-refractivity contribution in [2.24, 2.45) is 5.73 Å². The molecule has 0 aliphatic heterocycles. The summed E-state index contributed by atoms with van der Waals surface area (Å²) in [6.07, 6.45) is 2.89. The van der Waals surface area contributed by atoms with Gasteiger partial charge in [-0.25, -0.2) is 4.98 Å². The number of aryl methyl sites for hydroxylation is 2. The summed E-state index contributed by atoms with van der Waals surface area (Å²) >= 11 is 0. The van der Waals surface area contributed by atoms with E-state index >= 15 is 0 Å². The number of nitrogens with zero attached hydrogens (tertiary/aromatic N) is 1. The van der Waals surface area contributed by atoms with Gasteiger partial charge in [0.05, 0.1) is 5.69 Å². The Kier molecular flexibility index (Phi) is 6.86. The minimum absolute atomic E-state index is 0.169. The molecule has 0 radical (unpaired) electrons. The van der Waals surface area contributed by atoms with Crippen molar-refractivity contribution in [3.63, 3.8) is 0 Å². The van der Waals surface area contributed by atoms with E-state index < -0.39 is 0 Å². The molecule has 0 aliphatic rings. The van der Waals surface area contributed by atoms with E-state index in [1.807, 2.05) is 42.5 Å². The smallest absolute Gasteiger partial charge is 0.189 e. The highest BCUT2D eigenvalue weighted by Crippen LogP contribution is 2.20. The number of anilines is 1. The zero-order valence-corrected chi connectivity index (χ0v) is 17.4. The maximum Gasteiger partial charge on any atom is 0.189 e. The van der Waals surface area contributed by atoms with Crippen molar-refractivity contribution in [3.8, 4) is 5.75 Å². The largest absolute Gasteiger partial charge is 0.489 e. The number of aromatic nitrogens is 1. The standard InChI is InChI=1S/C25H27N3O2/c1-3-20-6-4-5-7-24(20)30-16-19-10-8-18(9-11-19)14-21(26)15-23(29)22-12-13-25(27)28-17(22)2/h4-13,15H,3,14,16,26H2,1-2H3,(H2,27,28). The molecule has 0 spiro atoms. The fourth-order valence-electron chi connectivity index (χ4n) is 3.22. The zero-order valence-electron chi connectivity index (χ0n) is 17.4. The minimum atomic E-state index is -0.169. The molecular formula is C25H27N3O2. The summed E-state index contributed by atoms with van der Waals surface area (Å²) in [5.74, 6) is 1.14. The van der Waals surface area contributed by atoms with Gasteiger partial charge in [0.1, 0.15) is 18.2 Å². The van der Waals surface area contributed by atoms with Crippen molar-refractivity contribution in [3.05, 3.63) is 100 Å². The molecule has 0 amide bonds. The Labute approximate surface area is 177 Å². The lowest BCUT2D eigenvalue weighted by Crippen LogP contribution is -2.08. The van der Waals surface area contributed by atoms with Gasteiger partial charge in [-0.2, -0.15) is 0 Å². The summed E-state index contributed by atoms with van der Waals surface area (Å²) in [4.78, 5) is 16.6. The summed E-state index contributed by atoms with van der Waals surface area (Å²) in [7, 11) is 0. The van der Waals surface area contributed by atoms with Crippen LogP contribution in [0.15, 0.2) is 72.4 Å². The number of hydrogen-bond donors (Lipinski definition) is 2. The quantitative estimate of drug-likeness (QED) is 0.432. The molecule has 3 aromatic rings. The monoisotopic (exact) mass is 401 g/mol. The normalized spacial score (nSPS) is 11.3. The predicted octanol–water partition coefficient (Wildman–Crippen LogP) is 4.38. The van der Waals surface area contributed by atoms with Gasteiger partial charge in [0.2, 0.25) is 0 Å². The van der Waals surface area contributed by atoms with Crippen molar-refractivity contribution in [2.75, 3.05) is 5.73 Å². The number of hydrogen-bond acceptors (Lipinski definition) is 5. The van der Waals surface area contributed by atoms with Crippen molar-refractivity contribution >= 4 is 11.6 Å². The van der Waals surface area contributed by atoms with Crippen molar-refractivity contribution in [1.29, 1.82) is 0 Å². The van der Waals surface area contributed by atoms with E-state index in [1.54, 1.807) is 19.1 Å². The van der Waals surface area contributed by atoms with Crippen LogP contribution in [0.5, 0.6) is 5.75 Å². The molecule has 3 rings (SSSR count). The van der Waals surface area contributed by atoms with E-state index in [0.29, 0.717) is 35.8 Å². The molecular weight excluding hydrogens is 374 g/mol. The fourth-order valence-corrected chi connectivity index (χ4v) is 3.22. The van der Waals surface area contributed by atoms with Gasteiger partial charge in [0, 0.05) is 23.8 Å². The highest BCUT2D eigenvalue weighted by Gasteiger charge is 2.09. The van der Waals surface area contributed by atoms with Gasteiger partial charge in [0.15, 0.2) is 5.78 Å². The summed E-state index contributed by atoms with van der Waals surface area (Å²) in [6.45, 7) is 4.38. The first-order valence-corrected chi connectivity index (χ1v) is 9.98.